The van der Waals surface area contributed by atoms with Gasteiger partial charge in [0.15, 0.2) is 5.65 Å². The first-order valence-electron chi connectivity index (χ1n) is 6.26. The van der Waals surface area contributed by atoms with Crippen LogP contribution >= 0.6 is 11.6 Å². The molecule has 3 heterocycles. The average Bonchev–Trinajstić information content (AvgIpc) is 2.97. The zero-order valence-corrected chi connectivity index (χ0v) is 11.0. The molecule has 0 saturated carbocycles. The standard InChI is InChI=1S/C12H16ClN5/c1-2-18-7-15-11-9(5-10(13)17-12(11)18)16-8-3-4-14-6-8/h5,7-8,14H,2-4,6H2,1H3,(H,16,17)/t8-/m0/s1. The molecule has 1 atom stereocenters. The molecule has 6 heteroatoms. The molecule has 3 rings (SSSR count). The first-order valence-corrected chi connectivity index (χ1v) is 6.64. The van der Waals surface area contributed by atoms with Crippen molar-refractivity contribution in [2.24, 2.45) is 0 Å². The molecule has 0 spiro atoms. The maximum Gasteiger partial charge on any atom is 0.163 e. The number of aromatic nitrogens is 3. The third kappa shape index (κ3) is 2.04. The van der Waals surface area contributed by atoms with Crippen molar-refractivity contribution in [3.8, 4) is 0 Å². The molecule has 0 bridgehead atoms. The predicted molar refractivity (Wildman–Crippen MR) is 73.1 cm³/mol. The molecule has 0 unspecified atom stereocenters. The van der Waals surface area contributed by atoms with E-state index in [4.69, 9.17) is 11.6 Å². The Kier molecular flexibility index (Phi) is 3.09. The van der Waals surface area contributed by atoms with Crippen LogP contribution in [0.3, 0.4) is 0 Å². The Hall–Kier alpha value is -1.33. The Morgan fingerprint density at radius 3 is 3.22 bits per heavy atom. The van der Waals surface area contributed by atoms with Crippen molar-refractivity contribution in [1.29, 1.82) is 0 Å². The summed E-state index contributed by atoms with van der Waals surface area (Å²) in [4.78, 5) is 8.78. The molecule has 1 fully saturated rings. The molecule has 0 aromatic carbocycles. The van der Waals surface area contributed by atoms with Gasteiger partial charge in [0.05, 0.1) is 12.0 Å². The molecule has 18 heavy (non-hydrogen) atoms. The zero-order valence-electron chi connectivity index (χ0n) is 10.3. The molecule has 2 aromatic rings. The third-order valence-electron chi connectivity index (χ3n) is 3.30. The largest absolute Gasteiger partial charge is 0.379 e. The van der Waals surface area contributed by atoms with Gasteiger partial charge in [-0.25, -0.2) is 9.97 Å². The smallest absolute Gasteiger partial charge is 0.163 e. The van der Waals surface area contributed by atoms with E-state index in [0.717, 1.165) is 42.9 Å². The van der Waals surface area contributed by atoms with Gasteiger partial charge in [0.25, 0.3) is 0 Å². The summed E-state index contributed by atoms with van der Waals surface area (Å²) >= 11 is 6.09. The lowest BCUT2D eigenvalue weighted by molar-refractivity contribution is 0.778. The fourth-order valence-electron chi connectivity index (χ4n) is 2.34. The molecule has 2 aromatic heterocycles. The van der Waals surface area contributed by atoms with Crippen molar-refractivity contribution < 1.29 is 0 Å². The molecule has 5 nitrogen and oxygen atoms in total. The lowest BCUT2D eigenvalue weighted by Gasteiger charge is -2.13. The minimum atomic E-state index is 0.443. The number of aryl methyl sites for hydroxylation is 1. The van der Waals surface area contributed by atoms with Gasteiger partial charge in [0.1, 0.15) is 10.7 Å². The Morgan fingerprint density at radius 1 is 1.61 bits per heavy atom. The van der Waals surface area contributed by atoms with Crippen molar-refractivity contribution >= 4 is 28.5 Å². The highest BCUT2D eigenvalue weighted by Crippen LogP contribution is 2.25. The topological polar surface area (TPSA) is 54.8 Å². The van der Waals surface area contributed by atoms with Crippen LogP contribution in [-0.4, -0.2) is 33.7 Å². The predicted octanol–water partition coefficient (Wildman–Crippen LogP) is 1.88. The minimum Gasteiger partial charge on any atom is -0.379 e. The quantitative estimate of drug-likeness (QED) is 0.832. The van der Waals surface area contributed by atoms with Crippen molar-refractivity contribution in [3.05, 3.63) is 17.5 Å². The summed E-state index contributed by atoms with van der Waals surface area (Å²) in [7, 11) is 0. The summed E-state index contributed by atoms with van der Waals surface area (Å²) in [5.41, 5.74) is 2.72. The summed E-state index contributed by atoms with van der Waals surface area (Å²) in [6, 6.07) is 2.30. The van der Waals surface area contributed by atoms with Gasteiger partial charge in [0.2, 0.25) is 0 Å². The molecule has 1 aliphatic heterocycles. The van der Waals surface area contributed by atoms with E-state index in [0.29, 0.717) is 11.2 Å². The van der Waals surface area contributed by atoms with Crippen molar-refractivity contribution in [2.75, 3.05) is 18.4 Å². The number of pyridine rings is 1. The van der Waals surface area contributed by atoms with Crippen LogP contribution in [0.2, 0.25) is 5.15 Å². The molecule has 1 aliphatic rings. The van der Waals surface area contributed by atoms with E-state index in [1.165, 1.54) is 0 Å². The first kappa shape index (κ1) is 11.7. The van der Waals surface area contributed by atoms with Crippen LogP contribution in [0, 0.1) is 0 Å². The van der Waals surface area contributed by atoms with E-state index in [1.54, 1.807) is 0 Å². The van der Waals surface area contributed by atoms with Gasteiger partial charge in [-0.05, 0) is 19.9 Å². The van der Waals surface area contributed by atoms with Crippen molar-refractivity contribution in [3.63, 3.8) is 0 Å². The number of hydrogen-bond acceptors (Lipinski definition) is 4. The number of anilines is 1. The van der Waals surface area contributed by atoms with Gasteiger partial charge < -0.3 is 15.2 Å². The average molecular weight is 266 g/mol. The van der Waals surface area contributed by atoms with E-state index in [-0.39, 0.29) is 0 Å². The number of nitrogens with one attached hydrogen (secondary N) is 2. The summed E-state index contributed by atoms with van der Waals surface area (Å²) in [5, 5.41) is 7.34. The van der Waals surface area contributed by atoms with Crippen LogP contribution in [0.15, 0.2) is 12.4 Å². The van der Waals surface area contributed by atoms with Crippen LogP contribution in [-0.2, 0) is 6.54 Å². The Morgan fingerprint density at radius 2 is 2.50 bits per heavy atom. The summed E-state index contributed by atoms with van der Waals surface area (Å²) < 4.78 is 2.00. The van der Waals surface area contributed by atoms with E-state index >= 15 is 0 Å². The van der Waals surface area contributed by atoms with Crippen LogP contribution in [0.5, 0.6) is 0 Å². The highest BCUT2D eigenvalue weighted by atomic mass is 35.5. The van der Waals surface area contributed by atoms with Crippen LogP contribution in [0.1, 0.15) is 13.3 Å². The lowest BCUT2D eigenvalue weighted by atomic mass is 10.2. The minimum absolute atomic E-state index is 0.443. The van der Waals surface area contributed by atoms with Crippen LogP contribution in [0.4, 0.5) is 5.69 Å². The maximum absolute atomic E-state index is 6.09. The van der Waals surface area contributed by atoms with Crippen LogP contribution in [0.25, 0.3) is 11.2 Å². The fraction of sp³-hybridized carbons (Fsp3) is 0.500. The highest BCUT2D eigenvalue weighted by Gasteiger charge is 2.17. The number of imidazole rings is 1. The van der Waals surface area contributed by atoms with E-state index in [1.807, 2.05) is 17.0 Å². The molecule has 0 aliphatic carbocycles. The molecule has 0 amide bonds. The molecule has 0 radical (unpaired) electrons. The highest BCUT2D eigenvalue weighted by molar-refractivity contribution is 6.30. The fourth-order valence-corrected chi connectivity index (χ4v) is 2.53. The molecule has 96 valence electrons. The van der Waals surface area contributed by atoms with Crippen molar-refractivity contribution in [1.82, 2.24) is 19.9 Å². The van der Waals surface area contributed by atoms with Crippen molar-refractivity contribution in [2.45, 2.75) is 25.9 Å². The monoisotopic (exact) mass is 265 g/mol. The second-order valence-electron chi connectivity index (χ2n) is 4.53. The molecule has 2 N–H and O–H groups in total. The Bertz CT molecular complexity index is 559. The van der Waals surface area contributed by atoms with E-state index in [2.05, 4.69) is 27.5 Å². The normalized spacial score (nSPS) is 19.6. The van der Waals surface area contributed by atoms with Crippen LogP contribution < -0.4 is 10.6 Å². The maximum atomic E-state index is 6.09. The second-order valence-corrected chi connectivity index (χ2v) is 4.92. The molecular weight excluding hydrogens is 250 g/mol. The Labute approximate surface area is 111 Å². The van der Waals surface area contributed by atoms with Gasteiger partial charge >= 0.3 is 0 Å². The van der Waals surface area contributed by atoms with Gasteiger partial charge in [-0.2, -0.15) is 0 Å². The third-order valence-corrected chi connectivity index (χ3v) is 3.50. The Balaban J connectivity index is 2.01. The number of hydrogen-bond donors (Lipinski definition) is 2. The van der Waals surface area contributed by atoms with Gasteiger partial charge in [-0.15, -0.1) is 0 Å². The van der Waals surface area contributed by atoms with E-state index < -0.39 is 0 Å². The lowest BCUT2D eigenvalue weighted by Crippen LogP contribution is -2.22. The van der Waals surface area contributed by atoms with Gasteiger partial charge in [0, 0.05) is 25.2 Å². The number of nitrogens with zero attached hydrogens (tertiary/aromatic N) is 3. The number of rotatable bonds is 3. The number of halogens is 1. The van der Waals surface area contributed by atoms with Gasteiger partial charge in [-0.3, -0.25) is 0 Å². The van der Waals surface area contributed by atoms with E-state index in [9.17, 15) is 0 Å². The zero-order chi connectivity index (χ0) is 12.5. The summed E-state index contributed by atoms with van der Waals surface area (Å²) in [6.07, 6.45) is 2.93. The molecule has 1 saturated heterocycles. The second kappa shape index (κ2) is 4.74. The SMILES string of the molecule is CCn1cnc2c(N[C@H]3CCNC3)cc(Cl)nc21. The van der Waals surface area contributed by atoms with Gasteiger partial charge in [-0.1, -0.05) is 11.6 Å². The summed E-state index contributed by atoms with van der Waals surface area (Å²) in [6.45, 7) is 4.95. The first-order chi connectivity index (χ1) is 8.78. The molecular formula is C12H16ClN5. The summed E-state index contributed by atoms with van der Waals surface area (Å²) in [5.74, 6) is 0. The number of fused-ring (bicyclic) bond motifs is 1.